The van der Waals surface area contributed by atoms with E-state index in [1.165, 1.54) is 0 Å². The number of halogens is 1. The highest BCUT2D eigenvalue weighted by atomic mass is 35.5. The zero-order valence-electron chi connectivity index (χ0n) is 10.8. The number of rotatable bonds is 3. The Bertz CT molecular complexity index is 401. The summed E-state index contributed by atoms with van der Waals surface area (Å²) in [7, 11) is 0. The third kappa shape index (κ3) is 2.79. The molecule has 1 aromatic rings. The summed E-state index contributed by atoms with van der Waals surface area (Å²) >= 11 is 6.18. The van der Waals surface area contributed by atoms with Crippen molar-refractivity contribution in [3.8, 4) is 0 Å². The molecule has 0 spiro atoms. The quantitative estimate of drug-likeness (QED) is 0.885. The summed E-state index contributed by atoms with van der Waals surface area (Å²) in [6.07, 6.45) is 1.84. The van der Waals surface area contributed by atoms with Crippen molar-refractivity contribution in [3.05, 3.63) is 28.8 Å². The van der Waals surface area contributed by atoms with Gasteiger partial charge in [-0.05, 0) is 37.8 Å². The molecule has 1 atom stereocenters. The summed E-state index contributed by atoms with van der Waals surface area (Å²) in [5.74, 6) is 0.418. The van der Waals surface area contributed by atoms with Gasteiger partial charge >= 0.3 is 0 Å². The Labute approximate surface area is 114 Å². The number of hydrogen-bond acceptors (Lipinski definition) is 3. The first-order chi connectivity index (χ1) is 8.63. The summed E-state index contributed by atoms with van der Waals surface area (Å²) < 4.78 is 0. The lowest BCUT2D eigenvalue weighted by atomic mass is 9.91. The molecule has 0 saturated carbocycles. The fraction of sp³-hybridized carbons (Fsp3) is 0.571. The summed E-state index contributed by atoms with van der Waals surface area (Å²) in [6.45, 7) is 4.27. The largest absolute Gasteiger partial charge is 0.393 e. The molecule has 100 valence electrons. The van der Waals surface area contributed by atoms with Crippen molar-refractivity contribution < 1.29 is 5.11 Å². The molecule has 0 amide bonds. The van der Waals surface area contributed by atoms with Crippen LogP contribution in [0.1, 0.15) is 25.3 Å². The van der Waals surface area contributed by atoms with Crippen molar-refractivity contribution in [1.29, 1.82) is 0 Å². The van der Waals surface area contributed by atoms with Gasteiger partial charge < -0.3 is 15.7 Å². The van der Waals surface area contributed by atoms with E-state index in [2.05, 4.69) is 11.0 Å². The van der Waals surface area contributed by atoms with E-state index < -0.39 is 0 Å². The third-order valence-corrected chi connectivity index (χ3v) is 4.21. The Morgan fingerprint density at radius 2 is 2.11 bits per heavy atom. The van der Waals surface area contributed by atoms with Crippen LogP contribution in [0.3, 0.4) is 0 Å². The fourth-order valence-corrected chi connectivity index (χ4v) is 2.92. The molecule has 2 rings (SSSR count). The van der Waals surface area contributed by atoms with E-state index in [4.69, 9.17) is 17.3 Å². The van der Waals surface area contributed by atoms with Crippen LogP contribution in [0, 0.1) is 5.92 Å². The molecule has 1 aromatic carbocycles. The highest BCUT2D eigenvalue weighted by Gasteiger charge is 2.24. The molecule has 3 N–H and O–H groups in total. The van der Waals surface area contributed by atoms with Gasteiger partial charge in [0, 0.05) is 35.9 Å². The second-order valence-corrected chi connectivity index (χ2v) is 5.41. The minimum Gasteiger partial charge on any atom is -0.393 e. The van der Waals surface area contributed by atoms with Gasteiger partial charge in [0.2, 0.25) is 0 Å². The zero-order chi connectivity index (χ0) is 13.1. The lowest BCUT2D eigenvalue weighted by Gasteiger charge is -2.36. The predicted octanol–water partition coefficient (Wildman–Crippen LogP) is 2.40. The average molecular weight is 269 g/mol. The van der Waals surface area contributed by atoms with Gasteiger partial charge in [-0.2, -0.15) is 0 Å². The summed E-state index contributed by atoms with van der Waals surface area (Å²) in [6, 6.07) is 5.93. The Balaban J connectivity index is 2.12. The molecule has 1 saturated heterocycles. The number of nitrogens with zero attached hydrogens (tertiary/aromatic N) is 1. The first kappa shape index (κ1) is 13.7. The van der Waals surface area contributed by atoms with Gasteiger partial charge in [-0.25, -0.2) is 0 Å². The predicted molar refractivity (Wildman–Crippen MR) is 76.0 cm³/mol. The maximum atomic E-state index is 9.62. The van der Waals surface area contributed by atoms with Crippen LogP contribution in [0.5, 0.6) is 0 Å². The Morgan fingerprint density at radius 1 is 1.44 bits per heavy atom. The second-order valence-electron chi connectivity index (χ2n) is 5.01. The van der Waals surface area contributed by atoms with Crippen molar-refractivity contribution >= 4 is 17.3 Å². The number of hydrogen-bond donors (Lipinski definition) is 2. The van der Waals surface area contributed by atoms with Crippen LogP contribution >= 0.6 is 11.6 Å². The van der Waals surface area contributed by atoms with Gasteiger partial charge in [0.1, 0.15) is 0 Å². The summed E-state index contributed by atoms with van der Waals surface area (Å²) in [5.41, 5.74) is 7.95. The topological polar surface area (TPSA) is 49.5 Å². The molecule has 18 heavy (non-hydrogen) atoms. The number of aliphatic hydroxyl groups is 1. The molecule has 1 aliphatic heterocycles. The standard InChI is InChI=1S/C14H21ClN2O/c1-10(18)11-5-7-17(8-6-11)14-4-2-3-13(15)12(14)9-16/h2-4,10-11,18H,5-9,16H2,1H3. The van der Waals surface area contributed by atoms with Crippen LogP contribution < -0.4 is 10.6 Å². The minimum atomic E-state index is -0.208. The number of anilines is 1. The maximum Gasteiger partial charge on any atom is 0.0541 e. The third-order valence-electron chi connectivity index (χ3n) is 3.86. The first-order valence-corrected chi connectivity index (χ1v) is 6.91. The molecular formula is C14H21ClN2O. The van der Waals surface area contributed by atoms with Crippen molar-refractivity contribution in [1.82, 2.24) is 0 Å². The molecule has 1 heterocycles. The van der Waals surface area contributed by atoms with E-state index in [0.29, 0.717) is 12.5 Å². The minimum absolute atomic E-state index is 0.208. The van der Waals surface area contributed by atoms with Crippen molar-refractivity contribution in [2.45, 2.75) is 32.4 Å². The molecule has 4 heteroatoms. The van der Waals surface area contributed by atoms with E-state index >= 15 is 0 Å². The lowest BCUT2D eigenvalue weighted by Crippen LogP contribution is -2.37. The lowest BCUT2D eigenvalue weighted by molar-refractivity contribution is 0.110. The summed E-state index contributed by atoms with van der Waals surface area (Å²) in [5, 5.41) is 10.4. The van der Waals surface area contributed by atoms with Gasteiger partial charge in [-0.3, -0.25) is 0 Å². The van der Waals surface area contributed by atoms with Gasteiger partial charge in [0.15, 0.2) is 0 Å². The molecule has 3 nitrogen and oxygen atoms in total. The average Bonchev–Trinajstić information content (AvgIpc) is 2.38. The Morgan fingerprint density at radius 3 is 2.67 bits per heavy atom. The Hall–Kier alpha value is -0.770. The number of nitrogens with two attached hydrogens (primary N) is 1. The molecule has 1 unspecified atom stereocenters. The summed E-state index contributed by atoms with van der Waals surface area (Å²) in [4.78, 5) is 2.33. The van der Waals surface area contributed by atoms with Crippen LogP contribution in [0.15, 0.2) is 18.2 Å². The van der Waals surface area contributed by atoms with E-state index in [-0.39, 0.29) is 6.10 Å². The highest BCUT2D eigenvalue weighted by Crippen LogP contribution is 2.31. The van der Waals surface area contributed by atoms with Crippen molar-refractivity contribution in [3.63, 3.8) is 0 Å². The number of piperidine rings is 1. The van der Waals surface area contributed by atoms with Gasteiger partial charge in [-0.1, -0.05) is 17.7 Å². The normalized spacial score (nSPS) is 19.0. The first-order valence-electron chi connectivity index (χ1n) is 6.54. The van der Waals surface area contributed by atoms with Gasteiger partial charge in [0.25, 0.3) is 0 Å². The molecular weight excluding hydrogens is 248 g/mol. The van der Waals surface area contributed by atoms with Crippen LogP contribution in [-0.2, 0) is 6.54 Å². The highest BCUT2D eigenvalue weighted by molar-refractivity contribution is 6.31. The van der Waals surface area contributed by atoms with Crippen LogP contribution in [0.25, 0.3) is 0 Å². The molecule has 0 aliphatic carbocycles. The fourth-order valence-electron chi connectivity index (χ4n) is 2.67. The molecule has 0 aromatic heterocycles. The molecule has 1 aliphatic rings. The van der Waals surface area contributed by atoms with Gasteiger partial charge in [0.05, 0.1) is 6.10 Å². The SMILES string of the molecule is CC(O)C1CCN(c2cccc(Cl)c2CN)CC1. The zero-order valence-corrected chi connectivity index (χ0v) is 11.5. The maximum absolute atomic E-state index is 9.62. The number of aliphatic hydroxyl groups excluding tert-OH is 1. The molecule has 1 fully saturated rings. The Kier molecular flexibility index (Phi) is 4.49. The van der Waals surface area contributed by atoms with E-state index in [9.17, 15) is 5.11 Å². The monoisotopic (exact) mass is 268 g/mol. The van der Waals surface area contributed by atoms with E-state index in [1.807, 2.05) is 19.1 Å². The smallest absolute Gasteiger partial charge is 0.0541 e. The van der Waals surface area contributed by atoms with Crippen molar-refractivity contribution in [2.75, 3.05) is 18.0 Å². The van der Waals surface area contributed by atoms with Crippen LogP contribution in [-0.4, -0.2) is 24.3 Å². The molecule has 0 radical (unpaired) electrons. The van der Waals surface area contributed by atoms with E-state index in [1.54, 1.807) is 0 Å². The molecule has 0 bridgehead atoms. The van der Waals surface area contributed by atoms with Crippen molar-refractivity contribution in [2.24, 2.45) is 11.7 Å². The van der Waals surface area contributed by atoms with E-state index in [0.717, 1.165) is 42.2 Å². The van der Waals surface area contributed by atoms with Crippen LogP contribution in [0.4, 0.5) is 5.69 Å². The van der Waals surface area contributed by atoms with Gasteiger partial charge in [-0.15, -0.1) is 0 Å². The second kappa shape index (κ2) is 5.91. The number of benzene rings is 1. The van der Waals surface area contributed by atoms with Crippen LogP contribution in [0.2, 0.25) is 5.02 Å².